The van der Waals surface area contributed by atoms with Crippen molar-refractivity contribution in [2.75, 3.05) is 36.0 Å². The topological polar surface area (TPSA) is 32.3 Å². The summed E-state index contributed by atoms with van der Waals surface area (Å²) in [5, 5.41) is 0. The average Bonchev–Trinajstić information content (AvgIpc) is 4.03. The standard InChI is InChI=1S/C42H32N4S4/c1-5-33(6-2-29(1)35-9-13-39(47-35)41-15-11-37(49-41)31-17-21-43-22-18-31)45-25-27-46(28-26-45)34-7-3-30(4-8-34)36-10-14-40(48-36)42-16-12-38(50-42)32-19-23-44-24-20-32/h1-24H,25-28H2. The second kappa shape index (κ2) is 13.8. The molecule has 8 aromatic rings. The lowest BCUT2D eigenvalue weighted by Gasteiger charge is -2.37. The molecule has 0 saturated carbocycles. The summed E-state index contributed by atoms with van der Waals surface area (Å²) in [7, 11) is 0. The molecule has 0 spiro atoms. The molecule has 1 aliphatic rings. The lowest BCUT2D eigenvalue weighted by molar-refractivity contribution is 0.653. The highest BCUT2D eigenvalue weighted by molar-refractivity contribution is 7.25. The number of benzene rings is 2. The van der Waals surface area contributed by atoms with Gasteiger partial charge in [0.2, 0.25) is 0 Å². The van der Waals surface area contributed by atoms with E-state index in [0.717, 1.165) is 26.2 Å². The first-order valence-electron chi connectivity index (χ1n) is 16.7. The zero-order chi connectivity index (χ0) is 33.3. The molecule has 6 aromatic heterocycles. The van der Waals surface area contributed by atoms with Gasteiger partial charge < -0.3 is 9.80 Å². The third-order valence-corrected chi connectivity index (χ3v) is 14.1. The van der Waals surface area contributed by atoms with Gasteiger partial charge in [0.05, 0.1) is 0 Å². The van der Waals surface area contributed by atoms with Crippen molar-refractivity contribution in [1.82, 2.24) is 9.97 Å². The first kappa shape index (κ1) is 31.1. The van der Waals surface area contributed by atoms with E-state index in [4.69, 9.17) is 0 Å². The van der Waals surface area contributed by atoms with Crippen LogP contribution in [-0.2, 0) is 0 Å². The Morgan fingerprint density at radius 1 is 0.300 bits per heavy atom. The van der Waals surface area contributed by atoms with E-state index < -0.39 is 0 Å². The van der Waals surface area contributed by atoms with Gasteiger partial charge in [-0.05, 0) is 119 Å². The highest BCUT2D eigenvalue weighted by Gasteiger charge is 2.18. The highest BCUT2D eigenvalue weighted by Crippen LogP contribution is 2.42. The maximum Gasteiger partial charge on any atom is 0.0449 e. The Morgan fingerprint density at radius 2 is 0.560 bits per heavy atom. The molecule has 7 heterocycles. The number of nitrogens with zero attached hydrogens (tertiary/aromatic N) is 4. The van der Waals surface area contributed by atoms with Crippen molar-refractivity contribution in [3.63, 3.8) is 0 Å². The number of thiophene rings is 4. The predicted molar refractivity (Wildman–Crippen MR) is 217 cm³/mol. The van der Waals surface area contributed by atoms with Crippen LogP contribution in [0.3, 0.4) is 0 Å². The summed E-state index contributed by atoms with van der Waals surface area (Å²) in [5.74, 6) is 0. The molecule has 1 fully saturated rings. The van der Waals surface area contributed by atoms with Crippen LogP contribution in [0.15, 0.2) is 146 Å². The monoisotopic (exact) mass is 720 g/mol. The summed E-state index contributed by atoms with van der Waals surface area (Å²) < 4.78 is 0. The molecule has 0 aliphatic carbocycles. The smallest absolute Gasteiger partial charge is 0.0449 e. The predicted octanol–water partition coefficient (Wildman–Crippen LogP) is 12.1. The Kier molecular flexibility index (Phi) is 8.60. The van der Waals surface area contributed by atoms with Gasteiger partial charge in [-0.3, -0.25) is 9.97 Å². The fourth-order valence-corrected chi connectivity index (χ4v) is 10.7. The molecule has 9 rings (SSSR count). The van der Waals surface area contributed by atoms with Gasteiger partial charge in [-0.1, -0.05) is 24.3 Å². The fraction of sp³-hybridized carbons (Fsp3) is 0.0952. The molecule has 244 valence electrons. The van der Waals surface area contributed by atoms with E-state index in [2.05, 4.69) is 141 Å². The molecule has 0 unspecified atom stereocenters. The zero-order valence-corrected chi connectivity index (χ0v) is 30.4. The molecule has 1 saturated heterocycles. The van der Waals surface area contributed by atoms with Gasteiger partial charge in [0, 0.05) is 101 Å². The van der Waals surface area contributed by atoms with Gasteiger partial charge in [0.15, 0.2) is 0 Å². The van der Waals surface area contributed by atoms with Crippen molar-refractivity contribution in [2.45, 2.75) is 0 Å². The number of anilines is 2. The molecule has 4 nitrogen and oxygen atoms in total. The summed E-state index contributed by atoms with van der Waals surface area (Å²) in [6.45, 7) is 4.05. The van der Waals surface area contributed by atoms with Crippen molar-refractivity contribution in [2.24, 2.45) is 0 Å². The normalized spacial score (nSPS) is 13.2. The molecule has 0 amide bonds. The first-order valence-corrected chi connectivity index (χ1v) is 19.9. The SMILES string of the molecule is c1cc(-c2ccc(-c3ccc(-c4ccc(N5CCN(c6ccc(-c7ccc(-c8ccc(-c9ccncc9)s8)s7)cc6)CC5)cc4)s3)s2)ccn1. The Bertz CT molecular complexity index is 2160. The largest absolute Gasteiger partial charge is 0.368 e. The van der Waals surface area contributed by atoms with Crippen LogP contribution >= 0.6 is 45.3 Å². The van der Waals surface area contributed by atoms with E-state index in [1.165, 1.54) is 72.6 Å². The molecule has 2 aromatic carbocycles. The lowest BCUT2D eigenvalue weighted by Crippen LogP contribution is -2.46. The molecule has 8 heteroatoms. The van der Waals surface area contributed by atoms with Gasteiger partial charge in [0.1, 0.15) is 0 Å². The number of aromatic nitrogens is 2. The molecule has 0 bridgehead atoms. The Balaban J connectivity index is 0.808. The van der Waals surface area contributed by atoms with Crippen LogP contribution in [0.2, 0.25) is 0 Å². The van der Waals surface area contributed by atoms with E-state index >= 15 is 0 Å². The van der Waals surface area contributed by atoms with Crippen LogP contribution in [0.1, 0.15) is 0 Å². The molecule has 0 N–H and O–H groups in total. The van der Waals surface area contributed by atoms with Gasteiger partial charge in [0.25, 0.3) is 0 Å². The van der Waals surface area contributed by atoms with Crippen LogP contribution in [0.5, 0.6) is 0 Å². The van der Waals surface area contributed by atoms with Crippen LogP contribution in [0.4, 0.5) is 11.4 Å². The molecule has 50 heavy (non-hydrogen) atoms. The highest BCUT2D eigenvalue weighted by atomic mass is 32.1. The van der Waals surface area contributed by atoms with Gasteiger partial charge in [-0.2, -0.15) is 0 Å². The Hall–Kier alpha value is -4.86. The van der Waals surface area contributed by atoms with Crippen molar-refractivity contribution in [3.05, 3.63) is 146 Å². The van der Waals surface area contributed by atoms with Crippen molar-refractivity contribution >= 4 is 56.7 Å². The quantitative estimate of drug-likeness (QED) is 0.156. The van der Waals surface area contributed by atoms with E-state index in [0.29, 0.717) is 0 Å². The summed E-state index contributed by atoms with van der Waals surface area (Å²) in [5.41, 5.74) is 7.59. The zero-order valence-electron chi connectivity index (χ0n) is 27.1. The lowest BCUT2D eigenvalue weighted by atomic mass is 10.1. The van der Waals surface area contributed by atoms with Gasteiger partial charge in [-0.15, -0.1) is 45.3 Å². The Labute approximate surface area is 308 Å². The maximum absolute atomic E-state index is 4.15. The maximum atomic E-state index is 4.15. The van der Waals surface area contributed by atoms with Crippen LogP contribution in [0, 0.1) is 0 Å². The summed E-state index contributed by atoms with van der Waals surface area (Å²) >= 11 is 7.40. The molecular weight excluding hydrogens is 689 g/mol. The molecule has 0 atom stereocenters. The minimum atomic E-state index is 1.01. The van der Waals surface area contributed by atoms with Crippen LogP contribution in [-0.4, -0.2) is 36.1 Å². The molecular formula is C42H32N4S4. The average molecular weight is 721 g/mol. The second-order valence-corrected chi connectivity index (χ2v) is 16.5. The minimum Gasteiger partial charge on any atom is -0.368 e. The minimum absolute atomic E-state index is 1.01. The van der Waals surface area contributed by atoms with Crippen LogP contribution < -0.4 is 9.80 Å². The summed E-state index contributed by atoms with van der Waals surface area (Å²) in [6, 6.07) is 44.5. The molecule has 0 radical (unpaired) electrons. The van der Waals surface area contributed by atoms with Crippen molar-refractivity contribution in [3.8, 4) is 61.3 Å². The number of rotatable bonds is 8. The second-order valence-electron chi connectivity index (χ2n) is 12.2. The Morgan fingerprint density at radius 3 is 0.860 bits per heavy atom. The molecule has 1 aliphatic heterocycles. The van der Waals surface area contributed by atoms with Crippen molar-refractivity contribution < 1.29 is 0 Å². The van der Waals surface area contributed by atoms with E-state index in [1.807, 2.05) is 70.1 Å². The first-order chi connectivity index (χ1) is 24.7. The number of hydrogen-bond acceptors (Lipinski definition) is 8. The third kappa shape index (κ3) is 6.43. The van der Waals surface area contributed by atoms with E-state index in [-0.39, 0.29) is 0 Å². The number of piperazine rings is 1. The summed E-state index contributed by atoms with van der Waals surface area (Å²) in [6.07, 6.45) is 7.42. The van der Waals surface area contributed by atoms with Crippen LogP contribution in [0.25, 0.3) is 61.3 Å². The van der Waals surface area contributed by atoms with Gasteiger partial charge >= 0.3 is 0 Å². The third-order valence-electron chi connectivity index (χ3n) is 9.15. The number of hydrogen-bond donors (Lipinski definition) is 0. The van der Waals surface area contributed by atoms with E-state index in [9.17, 15) is 0 Å². The van der Waals surface area contributed by atoms with Gasteiger partial charge in [-0.25, -0.2) is 0 Å². The van der Waals surface area contributed by atoms with Crippen molar-refractivity contribution in [1.29, 1.82) is 0 Å². The summed E-state index contributed by atoms with van der Waals surface area (Å²) in [4.78, 5) is 23.7. The van der Waals surface area contributed by atoms with E-state index in [1.54, 1.807) is 0 Å². The fourth-order valence-electron chi connectivity index (χ4n) is 6.43. The number of pyridine rings is 2.